The number of rotatable bonds is 5. The highest BCUT2D eigenvalue weighted by atomic mass is 32.2. The third-order valence-electron chi connectivity index (χ3n) is 5.62. The largest absolute Gasteiger partial charge is 0.353 e. The average molecular weight is 343 g/mol. The fourth-order valence-corrected chi connectivity index (χ4v) is 5.48. The van der Waals surface area contributed by atoms with Gasteiger partial charge < -0.3 is 10.6 Å². The van der Waals surface area contributed by atoms with E-state index in [1.807, 2.05) is 0 Å². The Balaban J connectivity index is 1.41. The highest BCUT2D eigenvalue weighted by molar-refractivity contribution is 7.89. The van der Waals surface area contributed by atoms with Crippen LogP contribution in [0.25, 0.3) is 0 Å². The number of nitrogens with zero attached hydrogens (tertiary/aromatic N) is 1. The maximum Gasteiger partial charge on any atom is 0.220 e. The molecule has 0 aliphatic carbocycles. The van der Waals surface area contributed by atoms with Crippen LogP contribution in [-0.4, -0.2) is 55.6 Å². The van der Waals surface area contributed by atoms with Gasteiger partial charge in [-0.25, -0.2) is 12.7 Å². The molecule has 3 heterocycles. The van der Waals surface area contributed by atoms with Crippen LogP contribution in [0.4, 0.5) is 0 Å². The van der Waals surface area contributed by atoms with Crippen molar-refractivity contribution >= 4 is 15.9 Å². The van der Waals surface area contributed by atoms with Gasteiger partial charge in [-0.05, 0) is 51.4 Å². The van der Waals surface area contributed by atoms with Gasteiger partial charge in [0.25, 0.3) is 0 Å². The highest BCUT2D eigenvalue weighted by Gasteiger charge is 2.34. The zero-order chi connectivity index (χ0) is 16.4. The Hall–Kier alpha value is -0.660. The zero-order valence-electron chi connectivity index (χ0n) is 14.0. The lowest BCUT2D eigenvalue weighted by molar-refractivity contribution is -0.123. The fourth-order valence-electron chi connectivity index (χ4n) is 4.35. The number of hydrogen-bond donors (Lipinski definition) is 2. The Morgan fingerprint density at radius 1 is 1.13 bits per heavy atom. The van der Waals surface area contributed by atoms with Crippen molar-refractivity contribution in [3.05, 3.63) is 0 Å². The summed E-state index contributed by atoms with van der Waals surface area (Å²) in [5.41, 5.74) is 0. The third-order valence-corrected chi connectivity index (χ3v) is 7.50. The number of piperidine rings is 2. The predicted molar refractivity (Wildman–Crippen MR) is 89.5 cm³/mol. The van der Waals surface area contributed by atoms with Gasteiger partial charge in [-0.15, -0.1) is 0 Å². The van der Waals surface area contributed by atoms with E-state index in [9.17, 15) is 13.2 Å². The number of fused-ring (bicyclic) bond motifs is 2. The summed E-state index contributed by atoms with van der Waals surface area (Å²) < 4.78 is 25.2. The van der Waals surface area contributed by atoms with Crippen LogP contribution in [0.1, 0.15) is 51.9 Å². The quantitative estimate of drug-likeness (QED) is 0.775. The molecule has 0 spiro atoms. The molecule has 7 heteroatoms. The first-order chi connectivity index (χ1) is 11.0. The normalized spacial score (nSPS) is 32.8. The van der Waals surface area contributed by atoms with Crippen molar-refractivity contribution in [2.45, 2.75) is 70.0 Å². The van der Waals surface area contributed by atoms with Crippen LogP contribution < -0.4 is 10.6 Å². The van der Waals surface area contributed by atoms with Gasteiger partial charge >= 0.3 is 0 Å². The Labute approximate surface area is 139 Å². The summed E-state index contributed by atoms with van der Waals surface area (Å²) in [4.78, 5) is 12.3. The molecule has 2 bridgehead atoms. The van der Waals surface area contributed by atoms with Crippen molar-refractivity contribution < 1.29 is 13.2 Å². The molecule has 3 saturated heterocycles. The van der Waals surface area contributed by atoms with E-state index in [1.54, 1.807) is 11.2 Å². The summed E-state index contributed by atoms with van der Waals surface area (Å²) in [5, 5.41) is 6.73. The summed E-state index contributed by atoms with van der Waals surface area (Å²) >= 11 is 0. The van der Waals surface area contributed by atoms with Gasteiger partial charge in [0, 0.05) is 37.6 Å². The molecule has 2 atom stereocenters. The van der Waals surface area contributed by atoms with Crippen LogP contribution >= 0.6 is 0 Å². The molecule has 0 aromatic carbocycles. The minimum atomic E-state index is -3.09. The molecule has 3 aliphatic rings. The van der Waals surface area contributed by atoms with E-state index in [-0.39, 0.29) is 17.7 Å². The second-order valence-electron chi connectivity index (χ2n) is 7.32. The summed E-state index contributed by atoms with van der Waals surface area (Å²) in [7, 11) is -3.09. The van der Waals surface area contributed by atoms with E-state index in [0.717, 1.165) is 25.7 Å². The fraction of sp³-hybridized carbons (Fsp3) is 0.938. The number of sulfonamides is 1. The molecule has 1 amide bonds. The first kappa shape index (κ1) is 17.2. The van der Waals surface area contributed by atoms with Gasteiger partial charge in [0.2, 0.25) is 15.9 Å². The lowest BCUT2D eigenvalue weighted by atomic mass is 9.89. The molecule has 132 valence electrons. The van der Waals surface area contributed by atoms with Gasteiger partial charge in [-0.2, -0.15) is 0 Å². The van der Waals surface area contributed by atoms with Crippen LogP contribution in [0.2, 0.25) is 0 Å². The van der Waals surface area contributed by atoms with Crippen molar-refractivity contribution in [2.24, 2.45) is 5.92 Å². The van der Waals surface area contributed by atoms with Gasteiger partial charge in [0.15, 0.2) is 0 Å². The Kier molecular flexibility index (Phi) is 5.28. The second kappa shape index (κ2) is 7.07. The van der Waals surface area contributed by atoms with Crippen LogP contribution in [-0.2, 0) is 14.8 Å². The molecule has 3 aliphatic heterocycles. The van der Waals surface area contributed by atoms with Crippen molar-refractivity contribution in [3.8, 4) is 0 Å². The standard InChI is InChI=1S/C16H29N3O3S/c1-2-23(21,22)19-7-5-13(6-8-19)18-16(20)11-12-9-14-3-4-15(10-12)17-14/h12-15,17H,2-11H2,1H3,(H,18,20). The molecule has 3 fully saturated rings. The first-order valence-electron chi connectivity index (χ1n) is 8.99. The number of nitrogens with one attached hydrogen (secondary N) is 2. The topological polar surface area (TPSA) is 78.5 Å². The first-order valence-corrected chi connectivity index (χ1v) is 10.6. The van der Waals surface area contributed by atoms with E-state index in [4.69, 9.17) is 0 Å². The van der Waals surface area contributed by atoms with Crippen molar-refractivity contribution in [2.75, 3.05) is 18.8 Å². The van der Waals surface area contributed by atoms with Crippen LogP contribution in [0.5, 0.6) is 0 Å². The highest BCUT2D eigenvalue weighted by Crippen LogP contribution is 2.32. The summed E-state index contributed by atoms with van der Waals surface area (Å²) in [6.45, 7) is 2.73. The van der Waals surface area contributed by atoms with E-state index in [1.165, 1.54) is 12.8 Å². The molecule has 0 aromatic heterocycles. The summed E-state index contributed by atoms with van der Waals surface area (Å²) in [5.74, 6) is 0.810. The lowest BCUT2D eigenvalue weighted by Crippen LogP contribution is -2.47. The van der Waals surface area contributed by atoms with Crippen LogP contribution in [0.3, 0.4) is 0 Å². The molecule has 6 nitrogen and oxygen atoms in total. The van der Waals surface area contributed by atoms with E-state index < -0.39 is 10.0 Å². The van der Waals surface area contributed by atoms with Crippen LogP contribution in [0, 0.1) is 5.92 Å². The number of carbonyl (C=O) groups excluding carboxylic acids is 1. The van der Waals surface area contributed by atoms with E-state index >= 15 is 0 Å². The molecule has 2 unspecified atom stereocenters. The maximum atomic E-state index is 12.3. The molecule has 2 N–H and O–H groups in total. The van der Waals surface area contributed by atoms with E-state index in [0.29, 0.717) is 37.5 Å². The lowest BCUT2D eigenvalue weighted by Gasteiger charge is -2.32. The monoisotopic (exact) mass is 343 g/mol. The van der Waals surface area contributed by atoms with Crippen molar-refractivity contribution in [1.82, 2.24) is 14.9 Å². The van der Waals surface area contributed by atoms with Crippen LogP contribution in [0.15, 0.2) is 0 Å². The SMILES string of the molecule is CCS(=O)(=O)N1CCC(NC(=O)CC2CC3CCC(C2)N3)CC1. The minimum absolute atomic E-state index is 0.129. The molecular formula is C16H29N3O3S. The smallest absolute Gasteiger partial charge is 0.220 e. The molecule has 23 heavy (non-hydrogen) atoms. The average Bonchev–Trinajstić information content (AvgIpc) is 2.86. The molecule has 0 aromatic rings. The molecule has 0 saturated carbocycles. The summed E-state index contributed by atoms with van der Waals surface area (Å²) in [6, 6.07) is 1.37. The molecule has 3 rings (SSSR count). The molecule has 0 radical (unpaired) electrons. The van der Waals surface area contributed by atoms with E-state index in [2.05, 4.69) is 10.6 Å². The maximum absolute atomic E-state index is 12.3. The summed E-state index contributed by atoms with van der Waals surface area (Å²) in [6.07, 6.45) is 6.83. The van der Waals surface area contributed by atoms with Gasteiger partial charge in [0.1, 0.15) is 0 Å². The molecular weight excluding hydrogens is 314 g/mol. The Bertz CT molecular complexity index is 517. The number of amides is 1. The Morgan fingerprint density at radius 2 is 1.74 bits per heavy atom. The van der Waals surface area contributed by atoms with Gasteiger partial charge in [0.05, 0.1) is 5.75 Å². The Morgan fingerprint density at radius 3 is 2.30 bits per heavy atom. The van der Waals surface area contributed by atoms with Crippen molar-refractivity contribution in [1.29, 1.82) is 0 Å². The zero-order valence-corrected chi connectivity index (χ0v) is 14.8. The third kappa shape index (κ3) is 4.25. The number of hydrogen-bond acceptors (Lipinski definition) is 4. The van der Waals surface area contributed by atoms with Gasteiger partial charge in [-0.1, -0.05) is 0 Å². The second-order valence-corrected chi connectivity index (χ2v) is 9.58. The van der Waals surface area contributed by atoms with Crippen molar-refractivity contribution in [3.63, 3.8) is 0 Å². The number of carbonyl (C=O) groups is 1. The predicted octanol–water partition coefficient (Wildman–Crippen LogP) is 0.837. The minimum Gasteiger partial charge on any atom is -0.353 e. The van der Waals surface area contributed by atoms with Gasteiger partial charge in [-0.3, -0.25) is 4.79 Å².